The minimum atomic E-state index is 0.0256. The number of nitrogens with zero attached hydrogens (tertiary/aromatic N) is 4. The Hall–Kier alpha value is -1.79. The van der Waals surface area contributed by atoms with Gasteiger partial charge in [-0.3, -0.25) is 19.2 Å². The fraction of sp³-hybridized carbons (Fsp3) is 0.632. The van der Waals surface area contributed by atoms with E-state index in [0.717, 1.165) is 50.4 Å². The molecule has 0 spiro atoms. The van der Waals surface area contributed by atoms with E-state index in [1.165, 1.54) is 0 Å². The second-order valence-electron chi connectivity index (χ2n) is 7.02. The van der Waals surface area contributed by atoms with E-state index < -0.39 is 0 Å². The Morgan fingerprint density at radius 2 is 2.24 bits per heavy atom. The topological polar surface area (TPSA) is 63.1 Å². The van der Waals surface area contributed by atoms with Gasteiger partial charge in [0.15, 0.2) is 0 Å². The third-order valence-electron chi connectivity index (χ3n) is 5.02. The van der Waals surface area contributed by atoms with E-state index in [-0.39, 0.29) is 11.6 Å². The first kappa shape index (κ1) is 18.0. The van der Waals surface area contributed by atoms with Crippen molar-refractivity contribution in [3.63, 3.8) is 0 Å². The average molecular weight is 343 g/mol. The predicted molar refractivity (Wildman–Crippen MR) is 101 cm³/mol. The molecule has 2 atom stereocenters. The summed E-state index contributed by atoms with van der Waals surface area (Å²) in [5.74, 6) is 1.50. The molecule has 1 N–H and O–H groups in total. The lowest BCUT2D eigenvalue weighted by Gasteiger charge is -2.32. The van der Waals surface area contributed by atoms with Crippen molar-refractivity contribution < 1.29 is 0 Å². The van der Waals surface area contributed by atoms with Gasteiger partial charge < -0.3 is 5.32 Å². The number of nitrogens with one attached hydrogen (secondary N) is 1. The summed E-state index contributed by atoms with van der Waals surface area (Å²) in [6.07, 6.45) is 5.42. The molecule has 1 saturated heterocycles. The normalized spacial score (nSPS) is 20.5. The van der Waals surface area contributed by atoms with Crippen LogP contribution in [0.15, 0.2) is 23.3 Å². The van der Waals surface area contributed by atoms with Crippen LogP contribution in [-0.4, -0.2) is 45.6 Å². The molecule has 1 fully saturated rings. The Morgan fingerprint density at radius 1 is 1.40 bits per heavy atom. The molecule has 0 saturated carbocycles. The summed E-state index contributed by atoms with van der Waals surface area (Å²) in [6.45, 7) is 11.2. The molecule has 3 heterocycles. The van der Waals surface area contributed by atoms with Crippen molar-refractivity contribution in [2.75, 3.05) is 26.2 Å². The third-order valence-corrected chi connectivity index (χ3v) is 5.02. The number of pyridine rings is 1. The second kappa shape index (κ2) is 8.06. The molecule has 0 bridgehead atoms. The van der Waals surface area contributed by atoms with E-state index in [0.29, 0.717) is 17.8 Å². The van der Waals surface area contributed by atoms with Gasteiger partial charge in [-0.05, 0) is 31.9 Å². The van der Waals surface area contributed by atoms with Gasteiger partial charge in [-0.1, -0.05) is 20.3 Å². The standard InChI is InChI=1S/C19H29N5O/c1-4-6-17(23-10-9-21-11-14(3)13-23)18-22-16-7-8-20-12-15(16)19(25)24(18)5-2/h7-8,12,14,17,21H,4-6,9-11,13H2,1-3H3/t14-,17+/m1/s1. The molecule has 25 heavy (non-hydrogen) atoms. The highest BCUT2D eigenvalue weighted by molar-refractivity contribution is 5.76. The van der Waals surface area contributed by atoms with Crippen molar-refractivity contribution in [3.05, 3.63) is 34.6 Å². The lowest BCUT2D eigenvalue weighted by atomic mass is 10.1. The van der Waals surface area contributed by atoms with Crippen LogP contribution in [0.4, 0.5) is 0 Å². The van der Waals surface area contributed by atoms with Crippen LogP contribution in [0.1, 0.15) is 45.5 Å². The van der Waals surface area contributed by atoms with E-state index in [9.17, 15) is 4.79 Å². The van der Waals surface area contributed by atoms with Crippen molar-refractivity contribution in [2.45, 2.75) is 46.2 Å². The number of rotatable bonds is 5. The van der Waals surface area contributed by atoms with Crippen LogP contribution >= 0.6 is 0 Å². The summed E-state index contributed by atoms with van der Waals surface area (Å²) >= 11 is 0. The molecule has 0 aliphatic carbocycles. The fourth-order valence-corrected chi connectivity index (χ4v) is 3.80. The van der Waals surface area contributed by atoms with Gasteiger partial charge in [-0.15, -0.1) is 0 Å². The van der Waals surface area contributed by atoms with Crippen LogP contribution in [0.3, 0.4) is 0 Å². The Balaban J connectivity index is 2.10. The third kappa shape index (κ3) is 3.75. The molecule has 1 aliphatic rings. The highest BCUT2D eigenvalue weighted by atomic mass is 16.1. The van der Waals surface area contributed by atoms with Crippen LogP contribution in [0.25, 0.3) is 10.9 Å². The summed E-state index contributed by atoms with van der Waals surface area (Å²) in [6, 6.07) is 2.02. The number of hydrogen-bond donors (Lipinski definition) is 1. The van der Waals surface area contributed by atoms with Crippen molar-refractivity contribution in [1.82, 2.24) is 24.8 Å². The first-order valence-electron chi connectivity index (χ1n) is 9.44. The van der Waals surface area contributed by atoms with E-state index in [2.05, 4.69) is 29.0 Å². The molecule has 0 unspecified atom stereocenters. The van der Waals surface area contributed by atoms with Crippen LogP contribution in [0.5, 0.6) is 0 Å². The van der Waals surface area contributed by atoms with Gasteiger partial charge in [-0.2, -0.15) is 0 Å². The summed E-state index contributed by atoms with van der Waals surface area (Å²) in [4.78, 5) is 24.5. The van der Waals surface area contributed by atoms with Crippen molar-refractivity contribution in [3.8, 4) is 0 Å². The summed E-state index contributed by atoms with van der Waals surface area (Å²) < 4.78 is 1.84. The molecule has 0 aromatic carbocycles. The molecule has 3 rings (SSSR count). The Labute approximate surface area is 149 Å². The number of fused-ring (bicyclic) bond motifs is 1. The predicted octanol–water partition coefficient (Wildman–Crippen LogP) is 2.19. The summed E-state index contributed by atoms with van der Waals surface area (Å²) in [5, 5.41) is 4.11. The fourth-order valence-electron chi connectivity index (χ4n) is 3.80. The Bertz CT molecular complexity index is 772. The van der Waals surface area contributed by atoms with Crippen molar-refractivity contribution in [1.29, 1.82) is 0 Å². The van der Waals surface area contributed by atoms with Gasteiger partial charge in [0.25, 0.3) is 5.56 Å². The SMILES string of the molecule is CCC[C@@H](c1nc2ccncc2c(=O)n1CC)N1CCNC[C@@H](C)C1. The van der Waals surface area contributed by atoms with Gasteiger partial charge in [0, 0.05) is 38.6 Å². The van der Waals surface area contributed by atoms with Crippen LogP contribution in [0, 0.1) is 5.92 Å². The maximum atomic E-state index is 13.0. The molecule has 6 nitrogen and oxygen atoms in total. The zero-order valence-corrected chi connectivity index (χ0v) is 15.5. The molecule has 1 aliphatic heterocycles. The van der Waals surface area contributed by atoms with Gasteiger partial charge in [-0.25, -0.2) is 4.98 Å². The summed E-state index contributed by atoms with van der Waals surface area (Å²) in [5.41, 5.74) is 0.777. The second-order valence-corrected chi connectivity index (χ2v) is 7.02. The minimum Gasteiger partial charge on any atom is -0.315 e. The van der Waals surface area contributed by atoms with Crippen LogP contribution < -0.4 is 10.9 Å². The van der Waals surface area contributed by atoms with E-state index >= 15 is 0 Å². The van der Waals surface area contributed by atoms with E-state index in [1.807, 2.05) is 17.6 Å². The first-order valence-corrected chi connectivity index (χ1v) is 9.44. The van der Waals surface area contributed by atoms with E-state index in [1.54, 1.807) is 12.4 Å². The zero-order valence-electron chi connectivity index (χ0n) is 15.5. The molecule has 2 aromatic heterocycles. The monoisotopic (exact) mass is 343 g/mol. The molecule has 2 aromatic rings. The molecular weight excluding hydrogens is 314 g/mol. The quantitative estimate of drug-likeness (QED) is 0.902. The van der Waals surface area contributed by atoms with Crippen LogP contribution in [0.2, 0.25) is 0 Å². The maximum absolute atomic E-state index is 13.0. The summed E-state index contributed by atoms with van der Waals surface area (Å²) in [7, 11) is 0. The smallest absolute Gasteiger partial charge is 0.262 e. The molecule has 6 heteroatoms. The number of aromatic nitrogens is 3. The molecule has 0 radical (unpaired) electrons. The van der Waals surface area contributed by atoms with Gasteiger partial charge >= 0.3 is 0 Å². The lowest BCUT2D eigenvalue weighted by molar-refractivity contribution is 0.169. The number of hydrogen-bond acceptors (Lipinski definition) is 5. The Morgan fingerprint density at radius 3 is 3.00 bits per heavy atom. The lowest BCUT2D eigenvalue weighted by Crippen LogP contribution is -2.38. The Kier molecular flexibility index (Phi) is 5.81. The first-order chi connectivity index (χ1) is 12.2. The average Bonchev–Trinajstić information content (AvgIpc) is 2.84. The largest absolute Gasteiger partial charge is 0.315 e. The maximum Gasteiger partial charge on any atom is 0.262 e. The highest BCUT2D eigenvalue weighted by Gasteiger charge is 2.27. The molecular formula is C19H29N5O. The van der Waals surface area contributed by atoms with Crippen molar-refractivity contribution >= 4 is 10.9 Å². The van der Waals surface area contributed by atoms with Gasteiger partial charge in [0.2, 0.25) is 0 Å². The van der Waals surface area contributed by atoms with Gasteiger partial charge in [0.1, 0.15) is 5.82 Å². The van der Waals surface area contributed by atoms with E-state index in [4.69, 9.17) is 4.98 Å². The van der Waals surface area contributed by atoms with Crippen LogP contribution in [-0.2, 0) is 6.54 Å². The zero-order chi connectivity index (χ0) is 17.8. The van der Waals surface area contributed by atoms with Crippen molar-refractivity contribution in [2.24, 2.45) is 5.92 Å². The minimum absolute atomic E-state index is 0.0256. The highest BCUT2D eigenvalue weighted by Crippen LogP contribution is 2.26. The van der Waals surface area contributed by atoms with Gasteiger partial charge in [0.05, 0.1) is 16.9 Å². The molecule has 0 amide bonds. The molecule has 136 valence electrons.